The summed E-state index contributed by atoms with van der Waals surface area (Å²) in [5.74, 6) is -0.507. The highest BCUT2D eigenvalue weighted by molar-refractivity contribution is 7.47. The van der Waals surface area contributed by atoms with Crippen LogP contribution in [-0.2, 0) is 65.4 Å². The molecule has 0 saturated carbocycles. The Hall–Kier alpha value is -1.94. The number of aliphatic hydroxyl groups is 1. The van der Waals surface area contributed by atoms with Gasteiger partial charge in [0.25, 0.3) is 0 Å². The van der Waals surface area contributed by atoms with E-state index in [1.54, 1.807) is 0 Å². The standard InChI is InChI=1S/C75H146O17P2/c1-7-11-13-15-17-18-19-20-21-22-23-27-30-33-40-46-52-58-73(78)86-64-71(91-74(79)59-53-47-41-34-31-28-25-24-26-29-32-38-43-49-55-67(5)9-3)66-90-94(83,84)88-62-69(76)61-87-93(81,82)89-65-70(63-85-72(77)57-51-45-37-16-14-12-8-2)92-75(80)60-54-48-42-36-35-39-44-50-56-68(6)10-4/h67-71,76H,7-66H2,1-6H3,(H,81,82)(H,83,84)/t67?,68?,69-,70+,71+/m0/s1. The van der Waals surface area contributed by atoms with Gasteiger partial charge in [0.15, 0.2) is 12.2 Å². The van der Waals surface area contributed by atoms with Gasteiger partial charge < -0.3 is 33.8 Å². The second kappa shape index (κ2) is 66.9. The van der Waals surface area contributed by atoms with Gasteiger partial charge in [-0.05, 0) is 37.5 Å². The first-order chi connectivity index (χ1) is 45.4. The molecule has 0 aliphatic rings. The number of carbonyl (C=O) groups is 4. The molecule has 0 aromatic carbocycles. The molecule has 4 unspecified atom stereocenters. The minimum absolute atomic E-state index is 0.105. The lowest BCUT2D eigenvalue weighted by molar-refractivity contribution is -0.161. The average molecular weight is 1380 g/mol. The maximum Gasteiger partial charge on any atom is 0.472 e. The third-order valence-corrected chi connectivity index (χ3v) is 20.1. The molecular weight excluding hydrogens is 1230 g/mol. The second-order valence-electron chi connectivity index (χ2n) is 27.5. The lowest BCUT2D eigenvalue weighted by atomic mass is 9.99. The summed E-state index contributed by atoms with van der Waals surface area (Å²) in [7, 11) is -9.90. The van der Waals surface area contributed by atoms with Crippen LogP contribution in [0, 0.1) is 11.8 Å². The van der Waals surface area contributed by atoms with E-state index >= 15 is 0 Å². The summed E-state index contributed by atoms with van der Waals surface area (Å²) in [4.78, 5) is 72.6. The molecule has 0 bridgehead atoms. The van der Waals surface area contributed by atoms with Crippen molar-refractivity contribution in [1.29, 1.82) is 0 Å². The third kappa shape index (κ3) is 66.0. The molecule has 0 radical (unpaired) electrons. The van der Waals surface area contributed by atoms with Crippen molar-refractivity contribution in [2.45, 2.75) is 407 Å². The van der Waals surface area contributed by atoms with Crippen LogP contribution in [0.25, 0.3) is 0 Å². The molecule has 94 heavy (non-hydrogen) atoms. The Bertz CT molecular complexity index is 1820. The molecule has 0 aromatic heterocycles. The summed E-state index contributed by atoms with van der Waals surface area (Å²) in [5.41, 5.74) is 0. The molecule has 0 fully saturated rings. The summed E-state index contributed by atoms with van der Waals surface area (Å²) in [6.45, 7) is 9.60. The first-order valence-electron chi connectivity index (χ1n) is 39.1. The van der Waals surface area contributed by atoms with Gasteiger partial charge in [0.2, 0.25) is 0 Å². The van der Waals surface area contributed by atoms with Gasteiger partial charge in [-0.2, -0.15) is 0 Å². The number of phosphoric ester groups is 2. The number of rotatable bonds is 74. The predicted octanol–water partition coefficient (Wildman–Crippen LogP) is 21.9. The smallest absolute Gasteiger partial charge is 0.462 e. The lowest BCUT2D eigenvalue weighted by Crippen LogP contribution is -2.30. The van der Waals surface area contributed by atoms with Crippen LogP contribution in [0.1, 0.15) is 388 Å². The Kier molecular flexibility index (Phi) is 65.5. The van der Waals surface area contributed by atoms with E-state index in [9.17, 15) is 43.2 Å². The normalized spacial score (nSPS) is 14.6. The Morgan fingerprint density at radius 3 is 0.755 bits per heavy atom. The van der Waals surface area contributed by atoms with Crippen LogP contribution in [0.5, 0.6) is 0 Å². The van der Waals surface area contributed by atoms with Crippen molar-refractivity contribution < 1.29 is 80.2 Å². The number of aliphatic hydroxyl groups excluding tert-OH is 1. The maximum absolute atomic E-state index is 13.1. The number of ether oxygens (including phenoxy) is 4. The topological polar surface area (TPSA) is 237 Å². The molecule has 0 rings (SSSR count). The zero-order valence-corrected chi connectivity index (χ0v) is 63.1. The fourth-order valence-corrected chi connectivity index (χ4v) is 13.0. The largest absolute Gasteiger partial charge is 0.472 e. The van der Waals surface area contributed by atoms with E-state index < -0.39 is 97.5 Å². The Balaban J connectivity index is 5.20. The molecule has 7 atom stereocenters. The maximum atomic E-state index is 13.1. The summed E-state index contributed by atoms with van der Waals surface area (Å²) in [5, 5.41) is 10.6. The number of phosphoric acid groups is 2. The van der Waals surface area contributed by atoms with E-state index in [2.05, 4.69) is 41.5 Å². The number of hydrogen-bond acceptors (Lipinski definition) is 15. The number of esters is 4. The van der Waals surface area contributed by atoms with Crippen molar-refractivity contribution in [3.63, 3.8) is 0 Å². The summed E-state index contributed by atoms with van der Waals surface area (Å²) in [6, 6.07) is 0. The van der Waals surface area contributed by atoms with E-state index in [0.717, 1.165) is 115 Å². The van der Waals surface area contributed by atoms with Crippen molar-refractivity contribution in [3.05, 3.63) is 0 Å². The molecule has 0 heterocycles. The zero-order valence-electron chi connectivity index (χ0n) is 61.3. The van der Waals surface area contributed by atoms with Gasteiger partial charge in [0, 0.05) is 25.7 Å². The minimum atomic E-state index is -4.96. The van der Waals surface area contributed by atoms with Crippen molar-refractivity contribution in [2.75, 3.05) is 39.6 Å². The fourth-order valence-electron chi connectivity index (χ4n) is 11.4. The minimum Gasteiger partial charge on any atom is -0.462 e. The van der Waals surface area contributed by atoms with Crippen LogP contribution in [0.2, 0.25) is 0 Å². The molecule has 0 amide bonds. The van der Waals surface area contributed by atoms with Gasteiger partial charge in [-0.3, -0.25) is 37.3 Å². The Morgan fingerprint density at radius 2 is 0.511 bits per heavy atom. The monoisotopic (exact) mass is 1380 g/mol. The lowest BCUT2D eigenvalue weighted by Gasteiger charge is -2.21. The van der Waals surface area contributed by atoms with Crippen molar-refractivity contribution >= 4 is 39.5 Å². The van der Waals surface area contributed by atoms with Crippen LogP contribution in [-0.4, -0.2) is 96.7 Å². The van der Waals surface area contributed by atoms with Crippen LogP contribution in [0.4, 0.5) is 0 Å². The quantitative estimate of drug-likeness (QED) is 0.0222. The number of hydrogen-bond donors (Lipinski definition) is 3. The SMILES string of the molecule is CCCCCCCCCCCCCCCCCCCC(=O)OC[C@H](COP(=O)(O)OC[C@@H](O)COP(=O)(O)OC[C@@H](COC(=O)CCCCCCCCC)OC(=O)CCCCCCCCCCC(C)CC)OC(=O)CCCCCCCCCCCCCCCCC(C)CC. The van der Waals surface area contributed by atoms with Crippen LogP contribution in [0.3, 0.4) is 0 Å². The van der Waals surface area contributed by atoms with E-state index in [4.69, 9.17) is 37.0 Å². The zero-order chi connectivity index (χ0) is 69.3. The molecule has 3 N–H and O–H groups in total. The van der Waals surface area contributed by atoms with Crippen LogP contribution in [0.15, 0.2) is 0 Å². The number of unbranched alkanes of at least 4 members (excludes halogenated alkanes) is 42. The molecule has 17 nitrogen and oxygen atoms in total. The van der Waals surface area contributed by atoms with E-state index in [-0.39, 0.29) is 25.7 Å². The van der Waals surface area contributed by atoms with Crippen LogP contribution < -0.4 is 0 Å². The number of carbonyl (C=O) groups excluding carboxylic acids is 4. The highest BCUT2D eigenvalue weighted by atomic mass is 31.2. The fraction of sp³-hybridized carbons (Fsp3) is 0.947. The third-order valence-electron chi connectivity index (χ3n) is 18.2. The van der Waals surface area contributed by atoms with Gasteiger partial charge in [0.05, 0.1) is 26.4 Å². The molecule has 0 aliphatic carbocycles. The summed E-state index contributed by atoms with van der Waals surface area (Å²) >= 11 is 0. The Morgan fingerprint density at radius 1 is 0.298 bits per heavy atom. The van der Waals surface area contributed by atoms with E-state index in [1.807, 2.05) is 0 Å². The molecule has 19 heteroatoms. The molecule has 0 aromatic rings. The predicted molar refractivity (Wildman–Crippen MR) is 381 cm³/mol. The summed E-state index contributed by atoms with van der Waals surface area (Å²) < 4.78 is 68.4. The van der Waals surface area contributed by atoms with Gasteiger partial charge >= 0.3 is 39.5 Å². The van der Waals surface area contributed by atoms with Gasteiger partial charge in [0.1, 0.15) is 19.3 Å². The molecular formula is C75H146O17P2. The van der Waals surface area contributed by atoms with E-state index in [0.29, 0.717) is 25.7 Å². The highest BCUT2D eigenvalue weighted by Gasteiger charge is 2.30. The van der Waals surface area contributed by atoms with Crippen molar-refractivity contribution in [1.82, 2.24) is 0 Å². The van der Waals surface area contributed by atoms with Crippen molar-refractivity contribution in [3.8, 4) is 0 Å². The first-order valence-corrected chi connectivity index (χ1v) is 42.1. The van der Waals surface area contributed by atoms with Gasteiger partial charge in [-0.1, -0.05) is 337 Å². The summed E-state index contributed by atoms with van der Waals surface area (Å²) in [6.07, 6.45) is 54.1. The molecule has 0 saturated heterocycles. The van der Waals surface area contributed by atoms with Gasteiger partial charge in [-0.15, -0.1) is 0 Å². The second-order valence-corrected chi connectivity index (χ2v) is 30.4. The first kappa shape index (κ1) is 92.1. The molecule has 558 valence electrons. The molecule has 0 aliphatic heterocycles. The van der Waals surface area contributed by atoms with Crippen LogP contribution >= 0.6 is 15.6 Å². The average Bonchev–Trinajstić information content (AvgIpc) is 1.62. The van der Waals surface area contributed by atoms with E-state index in [1.165, 1.54) is 193 Å². The van der Waals surface area contributed by atoms with Gasteiger partial charge in [-0.25, -0.2) is 9.13 Å². The Labute approximate surface area is 575 Å². The highest BCUT2D eigenvalue weighted by Crippen LogP contribution is 2.45. The molecule has 0 spiro atoms. The van der Waals surface area contributed by atoms with Crippen molar-refractivity contribution in [2.24, 2.45) is 11.8 Å².